The molecule has 2 aromatic carbocycles. The van der Waals surface area contributed by atoms with E-state index in [1.54, 1.807) is 36.4 Å². The molecule has 0 saturated heterocycles. The summed E-state index contributed by atoms with van der Waals surface area (Å²) in [6, 6.07) is 11.4. The lowest BCUT2D eigenvalue weighted by atomic mass is 10.2. The van der Waals surface area contributed by atoms with Crippen molar-refractivity contribution in [3.8, 4) is 28.7 Å². The summed E-state index contributed by atoms with van der Waals surface area (Å²) in [5.74, 6) is 1.84. The van der Waals surface area contributed by atoms with E-state index >= 15 is 0 Å². The minimum absolute atomic E-state index is 0.0705. The molecule has 1 aliphatic rings. The fourth-order valence-corrected chi connectivity index (χ4v) is 2.17. The van der Waals surface area contributed by atoms with Crippen molar-refractivity contribution in [1.29, 1.82) is 0 Å². The van der Waals surface area contributed by atoms with Gasteiger partial charge in [-0.05, 0) is 24.3 Å². The zero-order valence-electron chi connectivity index (χ0n) is 11.9. The molecule has 0 spiro atoms. The van der Waals surface area contributed by atoms with E-state index in [-0.39, 0.29) is 30.7 Å². The second-order valence-electron chi connectivity index (χ2n) is 4.78. The Balaban J connectivity index is 1.47. The number of benzene rings is 2. The Morgan fingerprint density at radius 1 is 1.04 bits per heavy atom. The maximum Gasteiger partial charge on any atom is 0.254 e. The molecule has 0 amide bonds. The van der Waals surface area contributed by atoms with Gasteiger partial charge >= 0.3 is 0 Å². The Hall–Kier alpha value is -3.09. The van der Waals surface area contributed by atoms with Crippen molar-refractivity contribution < 1.29 is 23.0 Å². The molecule has 116 valence electrons. The van der Waals surface area contributed by atoms with E-state index < -0.39 is 5.82 Å². The molecule has 0 N–H and O–H groups in total. The molecule has 0 atom stereocenters. The van der Waals surface area contributed by atoms with Crippen LogP contribution in [-0.2, 0) is 6.61 Å². The molecular weight excluding hydrogens is 303 g/mol. The molecule has 1 aromatic heterocycles. The first kappa shape index (κ1) is 13.6. The third-order valence-corrected chi connectivity index (χ3v) is 3.28. The van der Waals surface area contributed by atoms with Gasteiger partial charge in [0.25, 0.3) is 11.8 Å². The van der Waals surface area contributed by atoms with Crippen LogP contribution in [0.3, 0.4) is 0 Å². The van der Waals surface area contributed by atoms with Gasteiger partial charge in [0, 0.05) is 6.07 Å². The predicted molar refractivity (Wildman–Crippen MR) is 76.6 cm³/mol. The topological polar surface area (TPSA) is 66.6 Å². The number of ether oxygens (including phenoxy) is 3. The van der Waals surface area contributed by atoms with Gasteiger partial charge in [-0.2, -0.15) is 0 Å². The maximum atomic E-state index is 13.7. The highest BCUT2D eigenvalue weighted by molar-refractivity contribution is 5.53. The number of aromatic nitrogens is 2. The first-order valence-electron chi connectivity index (χ1n) is 6.89. The average molecular weight is 314 g/mol. The quantitative estimate of drug-likeness (QED) is 0.737. The first-order chi connectivity index (χ1) is 11.3. The van der Waals surface area contributed by atoms with Gasteiger partial charge in [-0.3, -0.25) is 0 Å². The smallest absolute Gasteiger partial charge is 0.254 e. The second-order valence-corrected chi connectivity index (χ2v) is 4.78. The molecule has 0 unspecified atom stereocenters. The molecule has 6 nitrogen and oxygen atoms in total. The lowest BCUT2D eigenvalue weighted by Gasteiger charge is -2.04. The van der Waals surface area contributed by atoms with Gasteiger partial charge in [-0.15, -0.1) is 10.2 Å². The number of rotatable bonds is 4. The van der Waals surface area contributed by atoms with Crippen LogP contribution in [0, 0.1) is 5.82 Å². The molecule has 3 aromatic rings. The Bertz CT molecular complexity index is 850. The van der Waals surface area contributed by atoms with Crippen LogP contribution in [0.1, 0.15) is 5.89 Å². The number of nitrogens with zero attached hydrogens (tertiary/aromatic N) is 2. The lowest BCUT2D eigenvalue weighted by Crippen LogP contribution is -1.95. The largest absolute Gasteiger partial charge is 0.484 e. The number of halogens is 1. The lowest BCUT2D eigenvalue weighted by molar-refractivity contribution is 0.173. The van der Waals surface area contributed by atoms with E-state index in [0.717, 1.165) is 0 Å². The molecule has 1 aliphatic heterocycles. The van der Waals surface area contributed by atoms with Crippen LogP contribution in [0.2, 0.25) is 0 Å². The van der Waals surface area contributed by atoms with Crippen LogP contribution in [0.15, 0.2) is 46.9 Å². The molecule has 7 heteroatoms. The summed E-state index contributed by atoms with van der Waals surface area (Å²) in [5.41, 5.74) is 0.259. The van der Waals surface area contributed by atoms with Crippen LogP contribution in [-0.4, -0.2) is 17.0 Å². The standard InChI is InChI=1S/C16H11FN2O4/c17-12-4-2-1-3-11(12)16-19-18-15(23-16)8-20-10-5-6-13-14(7-10)22-9-21-13/h1-7H,8-9H2. The fourth-order valence-electron chi connectivity index (χ4n) is 2.17. The van der Waals surface area contributed by atoms with Crippen LogP contribution in [0.25, 0.3) is 11.5 Å². The van der Waals surface area contributed by atoms with E-state index in [9.17, 15) is 4.39 Å². The van der Waals surface area contributed by atoms with E-state index in [4.69, 9.17) is 18.6 Å². The minimum atomic E-state index is -0.417. The second kappa shape index (κ2) is 5.60. The van der Waals surface area contributed by atoms with Crippen molar-refractivity contribution >= 4 is 0 Å². The zero-order chi connectivity index (χ0) is 15.6. The third-order valence-electron chi connectivity index (χ3n) is 3.28. The molecule has 0 radical (unpaired) electrons. The summed E-state index contributed by atoms with van der Waals surface area (Å²) in [7, 11) is 0. The van der Waals surface area contributed by atoms with Gasteiger partial charge in [0.15, 0.2) is 18.1 Å². The predicted octanol–water partition coefficient (Wildman–Crippen LogP) is 3.18. The average Bonchev–Trinajstić information content (AvgIpc) is 3.22. The molecule has 0 saturated carbocycles. The third kappa shape index (κ3) is 2.68. The summed E-state index contributed by atoms with van der Waals surface area (Å²) in [6.45, 7) is 0.273. The Morgan fingerprint density at radius 2 is 1.91 bits per heavy atom. The first-order valence-corrected chi connectivity index (χ1v) is 6.89. The van der Waals surface area contributed by atoms with Gasteiger partial charge in [-0.25, -0.2) is 4.39 Å². The van der Waals surface area contributed by atoms with Crippen molar-refractivity contribution in [2.24, 2.45) is 0 Å². The highest BCUT2D eigenvalue weighted by Gasteiger charge is 2.15. The summed E-state index contributed by atoms with van der Waals surface area (Å²) in [5, 5.41) is 7.69. The van der Waals surface area contributed by atoms with Gasteiger partial charge < -0.3 is 18.6 Å². The summed E-state index contributed by atoms with van der Waals surface area (Å²) in [6.07, 6.45) is 0. The van der Waals surface area contributed by atoms with Crippen LogP contribution in [0.4, 0.5) is 4.39 Å². The molecule has 23 heavy (non-hydrogen) atoms. The van der Waals surface area contributed by atoms with E-state index in [0.29, 0.717) is 17.2 Å². The van der Waals surface area contributed by atoms with E-state index in [1.165, 1.54) is 6.07 Å². The fraction of sp³-hybridized carbons (Fsp3) is 0.125. The van der Waals surface area contributed by atoms with E-state index in [2.05, 4.69) is 10.2 Å². The molecular formula is C16H11FN2O4. The zero-order valence-corrected chi connectivity index (χ0v) is 11.9. The van der Waals surface area contributed by atoms with Crippen LogP contribution >= 0.6 is 0 Å². The molecule has 0 bridgehead atoms. The summed E-state index contributed by atoms with van der Waals surface area (Å²) >= 11 is 0. The van der Waals surface area contributed by atoms with Crippen molar-refractivity contribution in [3.63, 3.8) is 0 Å². The van der Waals surface area contributed by atoms with Crippen LogP contribution in [0.5, 0.6) is 17.2 Å². The van der Waals surface area contributed by atoms with Gasteiger partial charge in [0.05, 0.1) is 5.56 Å². The van der Waals surface area contributed by atoms with Gasteiger partial charge in [0.2, 0.25) is 6.79 Å². The maximum absolute atomic E-state index is 13.7. The highest BCUT2D eigenvalue weighted by atomic mass is 19.1. The normalized spacial score (nSPS) is 12.4. The molecule has 0 fully saturated rings. The van der Waals surface area contributed by atoms with Crippen LogP contribution < -0.4 is 14.2 Å². The summed E-state index contributed by atoms with van der Waals surface area (Å²) < 4.78 is 35.2. The SMILES string of the molecule is Fc1ccccc1-c1nnc(COc2ccc3c(c2)OCO3)o1. The monoisotopic (exact) mass is 314 g/mol. The van der Waals surface area contributed by atoms with E-state index in [1.807, 2.05) is 0 Å². The number of fused-ring (bicyclic) bond motifs is 1. The highest BCUT2D eigenvalue weighted by Crippen LogP contribution is 2.35. The Kier molecular flexibility index (Phi) is 3.30. The number of hydrogen-bond donors (Lipinski definition) is 0. The minimum Gasteiger partial charge on any atom is -0.484 e. The summed E-state index contributed by atoms with van der Waals surface area (Å²) in [4.78, 5) is 0. The van der Waals surface area contributed by atoms with Gasteiger partial charge in [0.1, 0.15) is 11.6 Å². The van der Waals surface area contributed by atoms with Crippen molar-refractivity contribution in [2.45, 2.75) is 6.61 Å². The Labute approximate surface area is 130 Å². The van der Waals surface area contributed by atoms with Gasteiger partial charge in [-0.1, -0.05) is 12.1 Å². The molecule has 2 heterocycles. The number of hydrogen-bond acceptors (Lipinski definition) is 6. The van der Waals surface area contributed by atoms with Crippen molar-refractivity contribution in [1.82, 2.24) is 10.2 Å². The molecule has 0 aliphatic carbocycles. The van der Waals surface area contributed by atoms with Crippen molar-refractivity contribution in [2.75, 3.05) is 6.79 Å². The Morgan fingerprint density at radius 3 is 2.83 bits per heavy atom. The van der Waals surface area contributed by atoms with Crippen molar-refractivity contribution in [3.05, 3.63) is 54.2 Å². The molecule has 4 rings (SSSR count).